The summed E-state index contributed by atoms with van der Waals surface area (Å²) in [6.07, 6.45) is 0. The van der Waals surface area contributed by atoms with Gasteiger partial charge in [0.25, 0.3) is 0 Å². The van der Waals surface area contributed by atoms with Crippen LogP contribution in [0.2, 0.25) is 0 Å². The molecule has 0 fully saturated rings. The van der Waals surface area contributed by atoms with Gasteiger partial charge < -0.3 is 0 Å². The van der Waals surface area contributed by atoms with Crippen LogP contribution in [0.5, 0.6) is 0 Å². The monoisotopic (exact) mass is 196 g/mol. The Bertz CT molecular complexity index is 3.90. The van der Waals surface area contributed by atoms with Crippen LogP contribution in [0.25, 0.3) is 0 Å². The summed E-state index contributed by atoms with van der Waals surface area (Å²) in [6.45, 7) is 0. The van der Waals surface area contributed by atoms with Crippen molar-refractivity contribution in [3.05, 3.63) is 0 Å². The second kappa shape index (κ2) is 91.1. The SMILES string of the molecule is C.Cl.Cl.Cl.Cl.Cl. The highest BCUT2D eigenvalue weighted by atomic mass is 35.5. The molecule has 0 saturated carbocycles. The Morgan fingerprint density at radius 3 is 0.333 bits per heavy atom. The Morgan fingerprint density at radius 1 is 0.333 bits per heavy atom. The number of hydrogen-bond acceptors (Lipinski definition) is 0. The lowest BCUT2D eigenvalue weighted by Gasteiger charge is -0.148. The third-order valence-electron chi connectivity index (χ3n) is 0. The van der Waals surface area contributed by atoms with E-state index in [0.717, 1.165) is 0 Å². The Labute approximate surface area is 69.5 Å². The van der Waals surface area contributed by atoms with Gasteiger partial charge in [-0.1, -0.05) is 7.43 Å². The van der Waals surface area contributed by atoms with Gasteiger partial charge >= 0.3 is 0 Å². The predicted octanol–water partition coefficient (Wildman–Crippen LogP) is 2.75. The quantitative estimate of drug-likeness (QED) is 0.561. The minimum Gasteiger partial charge on any atom is -0.147 e. The molecule has 0 bridgehead atoms. The summed E-state index contributed by atoms with van der Waals surface area (Å²) in [6, 6.07) is 0. The highest BCUT2D eigenvalue weighted by Crippen LogP contribution is 0.694. The summed E-state index contributed by atoms with van der Waals surface area (Å²) in [5.41, 5.74) is 0. The lowest BCUT2D eigenvalue weighted by molar-refractivity contribution is 2.50. The van der Waals surface area contributed by atoms with Gasteiger partial charge in [-0.05, 0) is 0 Å². The van der Waals surface area contributed by atoms with Crippen molar-refractivity contribution in [2.75, 3.05) is 0 Å². The van der Waals surface area contributed by atoms with E-state index in [1.165, 1.54) is 0 Å². The first kappa shape index (κ1) is 147. The van der Waals surface area contributed by atoms with Crippen LogP contribution in [0.1, 0.15) is 7.43 Å². The Hall–Kier alpha value is 1.45. The van der Waals surface area contributed by atoms with Gasteiger partial charge in [-0.3, -0.25) is 0 Å². The molecule has 5 heteroatoms. The molecule has 0 aliphatic heterocycles. The maximum absolute atomic E-state index is 0. The molecule has 48 valence electrons. The van der Waals surface area contributed by atoms with Gasteiger partial charge in [-0.25, -0.2) is 0 Å². The maximum Gasteiger partial charge on any atom is -0.0776 e. The van der Waals surface area contributed by atoms with Crippen molar-refractivity contribution in [2.24, 2.45) is 0 Å². The van der Waals surface area contributed by atoms with Crippen LogP contribution >= 0.6 is 62.0 Å². The second-order valence-corrected chi connectivity index (χ2v) is 0. The van der Waals surface area contributed by atoms with Crippen LogP contribution in [0, 0.1) is 0 Å². The Balaban J connectivity index is 0. The van der Waals surface area contributed by atoms with Gasteiger partial charge in [-0.2, -0.15) is 0 Å². The summed E-state index contributed by atoms with van der Waals surface area (Å²) >= 11 is 0. The molecule has 0 radical (unpaired) electrons. The zero-order valence-electron chi connectivity index (χ0n) is 2.04. The molecule has 0 unspecified atom stereocenters. The fraction of sp³-hybridized carbons (Fsp3) is 1.00. The molecule has 0 atom stereocenters. The van der Waals surface area contributed by atoms with Crippen LogP contribution in [0.15, 0.2) is 0 Å². The third-order valence-corrected chi connectivity index (χ3v) is 0. The van der Waals surface area contributed by atoms with E-state index in [1.54, 1.807) is 0 Å². The minimum atomic E-state index is 0. The van der Waals surface area contributed by atoms with Gasteiger partial charge in [0.15, 0.2) is 0 Å². The summed E-state index contributed by atoms with van der Waals surface area (Å²) < 4.78 is 0. The first-order chi connectivity index (χ1) is 0. The smallest absolute Gasteiger partial charge is 0.0776 e. The predicted molar refractivity (Wildman–Crippen MR) is 43.0 cm³/mol. The van der Waals surface area contributed by atoms with E-state index in [4.69, 9.17) is 0 Å². The van der Waals surface area contributed by atoms with Crippen molar-refractivity contribution in [1.82, 2.24) is 0 Å². The van der Waals surface area contributed by atoms with Crippen LogP contribution in [0.3, 0.4) is 0 Å². The molecule has 0 heterocycles. The number of hydrogen-bond donors (Lipinski definition) is 0. The molecule has 0 aromatic carbocycles. The lowest BCUT2D eigenvalue weighted by atomic mass is 12.0. The average Bonchev–Trinajstić information content (AvgIpc) is 0. The van der Waals surface area contributed by atoms with E-state index in [0.29, 0.717) is 0 Å². The van der Waals surface area contributed by atoms with Gasteiger partial charge in [0.2, 0.25) is 0 Å². The average molecular weight is 198 g/mol. The molecule has 6 heavy (non-hydrogen) atoms. The van der Waals surface area contributed by atoms with Crippen molar-refractivity contribution in [1.29, 1.82) is 0 Å². The summed E-state index contributed by atoms with van der Waals surface area (Å²) in [5, 5.41) is 0. The fourth-order valence-electron chi connectivity index (χ4n) is 0. The van der Waals surface area contributed by atoms with E-state index < -0.39 is 0 Å². The second-order valence-electron chi connectivity index (χ2n) is 0. The van der Waals surface area contributed by atoms with E-state index in [9.17, 15) is 0 Å². The summed E-state index contributed by atoms with van der Waals surface area (Å²) in [7, 11) is 0. The van der Waals surface area contributed by atoms with E-state index in [1.807, 2.05) is 0 Å². The van der Waals surface area contributed by atoms with Crippen molar-refractivity contribution in [2.45, 2.75) is 7.43 Å². The first-order valence-corrected chi connectivity index (χ1v) is 0. The van der Waals surface area contributed by atoms with Crippen molar-refractivity contribution < 1.29 is 0 Å². The molecule has 0 saturated heterocycles. The van der Waals surface area contributed by atoms with Gasteiger partial charge in [-0.15, -0.1) is 62.0 Å². The standard InChI is InChI=1S/CH4.5ClH/h1H4;5*1H. The Kier molecular flexibility index (Phi) is 2240. The third kappa shape index (κ3) is 51.3. The van der Waals surface area contributed by atoms with Crippen molar-refractivity contribution >= 4 is 62.0 Å². The van der Waals surface area contributed by atoms with Crippen LogP contribution in [-0.2, 0) is 0 Å². The maximum atomic E-state index is 0. The molecule has 0 aliphatic carbocycles. The number of halogens is 5. The largest absolute Gasteiger partial charge is 0.147 e. The lowest BCUT2D eigenvalue weighted by Crippen LogP contribution is 0.144. The molecule has 0 spiro atoms. The zero-order chi connectivity index (χ0) is 0. The molecule has 0 amide bonds. The Morgan fingerprint density at radius 2 is 0.333 bits per heavy atom. The van der Waals surface area contributed by atoms with E-state index in [-0.39, 0.29) is 69.5 Å². The van der Waals surface area contributed by atoms with Crippen molar-refractivity contribution in [3.63, 3.8) is 0 Å². The topological polar surface area (TPSA) is 0 Å². The molecule has 0 N–H and O–H groups in total. The minimum absolute atomic E-state index is 0. The van der Waals surface area contributed by atoms with Crippen molar-refractivity contribution in [3.8, 4) is 0 Å². The summed E-state index contributed by atoms with van der Waals surface area (Å²) in [4.78, 5) is 0. The van der Waals surface area contributed by atoms with E-state index >= 15 is 0 Å². The highest BCUT2D eigenvalue weighted by Gasteiger charge is -0.0775. The molecule has 0 aromatic heterocycles. The van der Waals surface area contributed by atoms with Gasteiger partial charge in [0.1, 0.15) is 0 Å². The molecule has 0 aliphatic rings. The normalized spacial score (nSPS) is 0. The molecule has 0 aromatic rings. The van der Waals surface area contributed by atoms with Gasteiger partial charge in [0.05, 0.1) is 0 Å². The first-order valence-electron chi connectivity index (χ1n) is 0. The fourth-order valence-corrected chi connectivity index (χ4v) is 0. The summed E-state index contributed by atoms with van der Waals surface area (Å²) in [5.74, 6) is 0. The molecular weight excluding hydrogens is 189 g/mol. The molecule has 0 rings (SSSR count). The molecule has 0 nitrogen and oxygen atoms in total. The zero-order valence-corrected chi connectivity index (χ0v) is 6.12. The van der Waals surface area contributed by atoms with E-state index in [2.05, 4.69) is 0 Å². The van der Waals surface area contributed by atoms with Crippen LogP contribution in [-0.4, -0.2) is 0 Å². The highest BCUT2D eigenvalue weighted by molar-refractivity contribution is 5.86. The van der Waals surface area contributed by atoms with Gasteiger partial charge in [0, 0.05) is 0 Å². The molecular formula is CH9Cl5. The van der Waals surface area contributed by atoms with Crippen LogP contribution < -0.4 is 0 Å². The van der Waals surface area contributed by atoms with Crippen LogP contribution in [0.4, 0.5) is 0 Å². The number of rotatable bonds is 0.